The Hall–Kier alpha value is -2.04. The van der Waals surface area contributed by atoms with Gasteiger partial charge in [0.05, 0.1) is 58.4 Å². The van der Waals surface area contributed by atoms with Gasteiger partial charge in [-0.25, -0.2) is 9.59 Å². The smallest absolute Gasteiger partial charge is 0.337 e. The molecule has 0 fully saturated rings. The van der Waals surface area contributed by atoms with E-state index in [4.69, 9.17) is 25.5 Å². The summed E-state index contributed by atoms with van der Waals surface area (Å²) in [7, 11) is 2.60. The van der Waals surface area contributed by atoms with Gasteiger partial charge in [-0.15, -0.1) is 0 Å². The minimum atomic E-state index is -0.667. The second kappa shape index (κ2) is 15.8. The Bertz CT molecular complexity index is 534. The number of methoxy groups -OCH3 is 2. The highest BCUT2D eigenvalue weighted by Gasteiger charge is 2.24. The zero-order chi connectivity index (χ0) is 23.8. The second-order valence-electron chi connectivity index (χ2n) is 7.37. The maximum absolute atomic E-state index is 11.0. The van der Waals surface area contributed by atoms with Crippen LogP contribution in [0.15, 0.2) is 24.3 Å². The molecule has 0 saturated heterocycles. The van der Waals surface area contributed by atoms with Crippen molar-refractivity contribution < 1.29 is 44.6 Å². The van der Waals surface area contributed by atoms with Crippen molar-refractivity contribution in [3.05, 3.63) is 35.4 Å². The average molecular weight is 433 g/mol. The fourth-order valence-electron chi connectivity index (χ4n) is 1.51. The number of rotatable bonds is 8. The van der Waals surface area contributed by atoms with E-state index in [1.807, 2.05) is 6.92 Å². The zero-order valence-electron chi connectivity index (χ0n) is 18.4. The SMILES string of the molecule is CC(C)(CO)CO.CCC(CO)(CO)CO.COC(=O)c1ccc(C(=O)OC)cc1. The Morgan fingerprint density at radius 2 is 1.03 bits per heavy atom. The summed E-state index contributed by atoms with van der Waals surface area (Å²) in [4.78, 5) is 22.1. The molecular weight excluding hydrogens is 396 g/mol. The molecule has 0 spiro atoms. The van der Waals surface area contributed by atoms with Crippen LogP contribution in [-0.2, 0) is 9.47 Å². The number of hydrogen-bond acceptors (Lipinski definition) is 9. The van der Waals surface area contributed by atoms with Gasteiger partial charge in [0.2, 0.25) is 0 Å². The molecule has 0 heterocycles. The van der Waals surface area contributed by atoms with Crippen molar-refractivity contribution in [1.82, 2.24) is 0 Å². The standard InChI is InChI=1S/C10H10O4.C6H14O3.C5H12O2/c1-13-9(11)7-3-5-8(6-4-7)10(12)14-2;1-2-6(3-7,4-8)5-9;1-5(2,3-6)4-7/h3-6H,1-2H3;7-9H,2-5H2,1H3;6-7H,3-4H2,1-2H3. The molecule has 174 valence electrons. The minimum Gasteiger partial charge on any atom is -0.465 e. The highest BCUT2D eigenvalue weighted by atomic mass is 16.5. The zero-order valence-corrected chi connectivity index (χ0v) is 18.4. The molecule has 0 aliphatic carbocycles. The van der Waals surface area contributed by atoms with E-state index in [0.29, 0.717) is 17.5 Å². The van der Waals surface area contributed by atoms with Crippen molar-refractivity contribution in [3.8, 4) is 0 Å². The number of carbonyl (C=O) groups excluding carboxylic acids is 2. The third kappa shape index (κ3) is 11.2. The van der Waals surface area contributed by atoms with Gasteiger partial charge in [-0.05, 0) is 30.7 Å². The molecule has 9 nitrogen and oxygen atoms in total. The molecule has 1 rings (SSSR count). The normalized spacial score (nSPS) is 10.7. The lowest BCUT2D eigenvalue weighted by Gasteiger charge is -2.24. The average Bonchev–Trinajstić information content (AvgIpc) is 2.80. The number of hydrogen-bond donors (Lipinski definition) is 5. The van der Waals surface area contributed by atoms with Gasteiger partial charge in [0, 0.05) is 10.8 Å². The van der Waals surface area contributed by atoms with Crippen molar-refractivity contribution in [3.63, 3.8) is 0 Å². The van der Waals surface area contributed by atoms with Gasteiger partial charge in [-0.2, -0.15) is 0 Å². The van der Waals surface area contributed by atoms with Crippen LogP contribution in [0.4, 0.5) is 0 Å². The summed E-state index contributed by atoms with van der Waals surface area (Å²) in [6.45, 7) is 5.04. The van der Waals surface area contributed by atoms with Crippen LogP contribution in [0.5, 0.6) is 0 Å². The van der Waals surface area contributed by atoms with E-state index in [9.17, 15) is 9.59 Å². The number of carbonyl (C=O) groups is 2. The third-order valence-corrected chi connectivity index (χ3v) is 4.34. The summed E-state index contributed by atoms with van der Waals surface area (Å²) in [6.07, 6.45) is 0.594. The van der Waals surface area contributed by atoms with E-state index >= 15 is 0 Å². The number of aliphatic hydroxyl groups excluding tert-OH is 5. The predicted molar refractivity (Wildman–Crippen MR) is 111 cm³/mol. The molecule has 0 amide bonds. The highest BCUT2D eigenvalue weighted by Crippen LogP contribution is 2.18. The summed E-state index contributed by atoms with van der Waals surface area (Å²) in [5.41, 5.74) is -0.166. The molecule has 0 aliphatic heterocycles. The quantitative estimate of drug-likeness (QED) is 0.372. The fourth-order valence-corrected chi connectivity index (χ4v) is 1.51. The molecule has 9 heteroatoms. The maximum atomic E-state index is 11.0. The Morgan fingerprint density at radius 3 is 1.13 bits per heavy atom. The number of esters is 2. The molecule has 0 aliphatic rings. The van der Waals surface area contributed by atoms with E-state index in [1.165, 1.54) is 38.5 Å². The van der Waals surface area contributed by atoms with Crippen LogP contribution >= 0.6 is 0 Å². The van der Waals surface area contributed by atoms with Crippen molar-refractivity contribution in [2.24, 2.45) is 10.8 Å². The number of benzene rings is 1. The number of ether oxygens (including phenoxy) is 2. The first kappa shape index (κ1) is 30.2. The van der Waals surface area contributed by atoms with Gasteiger partial charge < -0.3 is 35.0 Å². The molecule has 1 aromatic carbocycles. The van der Waals surface area contributed by atoms with E-state index in [2.05, 4.69) is 9.47 Å². The van der Waals surface area contributed by atoms with Crippen molar-refractivity contribution in [2.75, 3.05) is 47.3 Å². The van der Waals surface area contributed by atoms with Gasteiger partial charge in [0.25, 0.3) is 0 Å². The third-order valence-electron chi connectivity index (χ3n) is 4.34. The molecular formula is C21H36O9. The lowest BCUT2D eigenvalue weighted by Crippen LogP contribution is -2.32. The summed E-state index contributed by atoms with van der Waals surface area (Å²) < 4.78 is 9.02. The van der Waals surface area contributed by atoms with Crippen molar-refractivity contribution >= 4 is 11.9 Å². The van der Waals surface area contributed by atoms with Crippen molar-refractivity contribution in [1.29, 1.82) is 0 Å². The van der Waals surface area contributed by atoms with Crippen LogP contribution in [0.2, 0.25) is 0 Å². The molecule has 1 aromatic rings. The summed E-state index contributed by atoms with van der Waals surface area (Å²) in [5.74, 6) is -0.858. The summed E-state index contributed by atoms with van der Waals surface area (Å²) in [6, 6.07) is 6.05. The molecule has 0 unspecified atom stereocenters. The Morgan fingerprint density at radius 1 is 0.733 bits per heavy atom. The van der Waals surface area contributed by atoms with E-state index in [0.717, 1.165) is 0 Å². The van der Waals surface area contributed by atoms with Crippen LogP contribution in [0.3, 0.4) is 0 Å². The molecule has 0 aromatic heterocycles. The second-order valence-corrected chi connectivity index (χ2v) is 7.37. The predicted octanol–water partition coefficient (Wildman–Crippen LogP) is 0.617. The number of aliphatic hydroxyl groups is 5. The largest absolute Gasteiger partial charge is 0.465 e. The van der Waals surface area contributed by atoms with Gasteiger partial charge in [-0.3, -0.25) is 0 Å². The first-order valence-electron chi connectivity index (χ1n) is 9.36. The Labute approximate surface area is 177 Å². The molecule has 30 heavy (non-hydrogen) atoms. The minimum absolute atomic E-state index is 0.0451. The van der Waals surface area contributed by atoms with Crippen LogP contribution in [0, 0.1) is 10.8 Å². The topological polar surface area (TPSA) is 154 Å². The van der Waals surface area contributed by atoms with Crippen LogP contribution < -0.4 is 0 Å². The monoisotopic (exact) mass is 432 g/mol. The lowest BCUT2D eigenvalue weighted by atomic mass is 9.88. The maximum Gasteiger partial charge on any atom is 0.337 e. The Kier molecular flexibility index (Phi) is 15.8. The molecule has 0 saturated carbocycles. The first-order chi connectivity index (χ1) is 14.0. The van der Waals surface area contributed by atoms with E-state index < -0.39 is 17.4 Å². The summed E-state index contributed by atoms with van der Waals surface area (Å²) in [5, 5.41) is 42.8. The first-order valence-corrected chi connectivity index (χ1v) is 9.36. The van der Waals surface area contributed by atoms with Gasteiger partial charge in [-0.1, -0.05) is 20.8 Å². The molecule has 5 N–H and O–H groups in total. The van der Waals surface area contributed by atoms with E-state index in [-0.39, 0.29) is 38.4 Å². The van der Waals surface area contributed by atoms with Gasteiger partial charge in [0.1, 0.15) is 0 Å². The summed E-state index contributed by atoms with van der Waals surface area (Å²) >= 11 is 0. The molecule has 0 radical (unpaired) electrons. The fraction of sp³-hybridized carbons (Fsp3) is 0.619. The molecule has 0 bridgehead atoms. The highest BCUT2D eigenvalue weighted by molar-refractivity contribution is 5.93. The van der Waals surface area contributed by atoms with Crippen molar-refractivity contribution in [2.45, 2.75) is 27.2 Å². The van der Waals surface area contributed by atoms with Gasteiger partial charge in [0.15, 0.2) is 0 Å². The van der Waals surface area contributed by atoms with Crippen LogP contribution in [0.1, 0.15) is 47.9 Å². The molecule has 0 atom stereocenters. The van der Waals surface area contributed by atoms with Crippen LogP contribution in [-0.4, -0.2) is 84.7 Å². The lowest BCUT2D eigenvalue weighted by molar-refractivity contribution is 0.00303. The van der Waals surface area contributed by atoms with Gasteiger partial charge >= 0.3 is 11.9 Å². The Balaban J connectivity index is 0. The van der Waals surface area contributed by atoms with Crippen LogP contribution in [0.25, 0.3) is 0 Å². The van der Waals surface area contributed by atoms with E-state index in [1.54, 1.807) is 13.8 Å².